The third-order valence-corrected chi connectivity index (χ3v) is 4.75. The molecule has 1 atom stereocenters. The molecule has 28 heavy (non-hydrogen) atoms. The van der Waals surface area contributed by atoms with Crippen LogP contribution in [0.3, 0.4) is 0 Å². The molecule has 0 unspecified atom stereocenters. The topological polar surface area (TPSA) is 93.1 Å². The van der Waals surface area contributed by atoms with Gasteiger partial charge in [-0.05, 0) is 29.8 Å². The Morgan fingerprint density at radius 1 is 1.25 bits per heavy atom. The molecule has 2 aromatic carbocycles. The van der Waals surface area contributed by atoms with Gasteiger partial charge in [0.25, 0.3) is 5.56 Å². The van der Waals surface area contributed by atoms with Gasteiger partial charge < -0.3 is 10.6 Å². The molecule has 0 radical (unpaired) electrons. The Hall–Kier alpha value is -3.55. The molecule has 0 saturated carbocycles. The van der Waals surface area contributed by atoms with Gasteiger partial charge in [-0.1, -0.05) is 18.2 Å². The molecular weight excluding hydrogens is 363 g/mol. The summed E-state index contributed by atoms with van der Waals surface area (Å²) in [5.41, 5.74) is 0.639. The summed E-state index contributed by atoms with van der Waals surface area (Å²) >= 11 is 0. The second-order valence-corrected chi connectivity index (χ2v) is 6.59. The van der Waals surface area contributed by atoms with Gasteiger partial charge in [0, 0.05) is 24.0 Å². The summed E-state index contributed by atoms with van der Waals surface area (Å²) < 4.78 is 14.9. The molecule has 0 aliphatic carbocycles. The van der Waals surface area contributed by atoms with Crippen LogP contribution in [-0.4, -0.2) is 28.1 Å². The van der Waals surface area contributed by atoms with Crippen LogP contribution in [0.15, 0.2) is 53.5 Å². The Morgan fingerprint density at radius 3 is 2.93 bits per heavy atom. The van der Waals surface area contributed by atoms with Gasteiger partial charge in [0.15, 0.2) is 0 Å². The molecule has 2 amide bonds. The molecule has 1 aliphatic rings. The van der Waals surface area contributed by atoms with Gasteiger partial charge in [-0.15, -0.1) is 0 Å². The lowest BCUT2D eigenvalue weighted by atomic mass is 9.89. The largest absolute Gasteiger partial charge is 0.354 e. The van der Waals surface area contributed by atoms with Crippen LogP contribution in [-0.2, 0) is 16.1 Å². The van der Waals surface area contributed by atoms with E-state index in [0.29, 0.717) is 16.6 Å². The van der Waals surface area contributed by atoms with Gasteiger partial charge in [-0.3, -0.25) is 14.4 Å². The second kappa shape index (κ2) is 7.22. The maximum Gasteiger partial charge on any atom is 0.274 e. The van der Waals surface area contributed by atoms with E-state index < -0.39 is 17.6 Å². The highest BCUT2D eigenvalue weighted by Crippen LogP contribution is 2.32. The van der Waals surface area contributed by atoms with E-state index >= 15 is 0 Å². The van der Waals surface area contributed by atoms with Gasteiger partial charge >= 0.3 is 0 Å². The van der Waals surface area contributed by atoms with Crippen LogP contribution in [0.25, 0.3) is 10.8 Å². The summed E-state index contributed by atoms with van der Waals surface area (Å²) in [6.45, 7) is 0.344. The van der Waals surface area contributed by atoms with Crippen molar-refractivity contribution in [1.29, 1.82) is 0 Å². The lowest BCUT2D eigenvalue weighted by molar-refractivity contribution is -0.126. The Balaban J connectivity index is 1.47. The Kier molecular flexibility index (Phi) is 4.60. The van der Waals surface area contributed by atoms with Crippen LogP contribution >= 0.6 is 0 Å². The van der Waals surface area contributed by atoms with E-state index in [1.807, 2.05) is 6.07 Å². The first-order valence-corrected chi connectivity index (χ1v) is 8.85. The first kappa shape index (κ1) is 17.8. The van der Waals surface area contributed by atoms with Crippen LogP contribution in [0.2, 0.25) is 0 Å². The van der Waals surface area contributed by atoms with E-state index in [-0.39, 0.29) is 31.0 Å². The lowest BCUT2D eigenvalue weighted by Gasteiger charge is -2.24. The van der Waals surface area contributed by atoms with E-state index in [9.17, 15) is 18.8 Å². The van der Waals surface area contributed by atoms with Crippen molar-refractivity contribution in [3.63, 3.8) is 0 Å². The molecule has 3 aromatic rings. The van der Waals surface area contributed by atoms with Crippen molar-refractivity contribution in [2.75, 3.05) is 11.9 Å². The minimum Gasteiger partial charge on any atom is -0.354 e. The molecule has 2 heterocycles. The van der Waals surface area contributed by atoms with E-state index in [1.165, 1.54) is 22.9 Å². The number of rotatable bonds is 4. The summed E-state index contributed by atoms with van der Waals surface area (Å²) in [6, 6.07) is 11.1. The molecule has 2 N–H and O–H groups in total. The molecule has 142 valence electrons. The number of hydrogen-bond acceptors (Lipinski definition) is 4. The number of anilines is 1. The Bertz CT molecular complexity index is 1140. The monoisotopic (exact) mass is 380 g/mol. The van der Waals surface area contributed by atoms with Gasteiger partial charge in [0.2, 0.25) is 11.8 Å². The van der Waals surface area contributed by atoms with E-state index in [1.54, 1.807) is 24.4 Å². The quantitative estimate of drug-likeness (QED) is 0.722. The molecule has 0 fully saturated rings. The average molecular weight is 380 g/mol. The minimum atomic E-state index is -0.777. The summed E-state index contributed by atoms with van der Waals surface area (Å²) in [4.78, 5) is 36.9. The summed E-state index contributed by atoms with van der Waals surface area (Å²) in [5, 5.41) is 10.8. The number of aromatic nitrogens is 2. The number of carbonyl (C=O) groups is 2. The predicted octanol–water partition coefficient (Wildman–Crippen LogP) is 1.78. The number of nitrogens with zero attached hydrogens (tertiary/aromatic N) is 2. The zero-order valence-corrected chi connectivity index (χ0v) is 14.8. The Morgan fingerprint density at radius 2 is 2.07 bits per heavy atom. The summed E-state index contributed by atoms with van der Waals surface area (Å²) in [6.07, 6.45) is 1.54. The summed E-state index contributed by atoms with van der Waals surface area (Å²) in [7, 11) is 0. The molecule has 8 heteroatoms. The van der Waals surface area contributed by atoms with Gasteiger partial charge in [-0.25, -0.2) is 9.07 Å². The lowest BCUT2D eigenvalue weighted by Crippen LogP contribution is -2.37. The number of hydrogen-bond donors (Lipinski definition) is 2. The maximum absolute atomic E-state index is 13.6. The van der Waals surface area contributed by atoms with Crippen molar-refractivity contribution in [2.24, 2.45) is 0 Å². The van der Waals surface area contributed by atoms with E-state index in [0.717, 1.165) is 5.39 Å². The number of halogens is 1. The highest BCUT2D eigenvalue weighted by atomic mass is 19.1. The zero-order chi connectivity index (χ0) is 19.7. The fourth-order valence-corrected chi connectivity index (χ4v) is 3.36. The molecule has 0 spiro atoms. The van der Waals surface area contributed by atoms with E-state index in [2.05, 4.69) is 15.7 Å². The maximum atomic E-state index is 13.6. The molecule has 4 rings (SSSR count). The molecule has 1 aliphatic heterocycles. The average Bonchev–Trinajstić information content (AvgIpc) is 2.69. The number of amides is 2. The zero-order valence-electron chi connectivity index (χ0n) is 14.8. The fraction of sp³-hybridized carbons (Fsp3) is 0.200. The first-order valence-electron chi connectivity index (χ1n) is 8.85. The second-order valence-electron chi connectivity index (χ2n) is 6.59. The van der Waals surface area contributed by atoms with Crippen molar-refractivity contribution in [2.45, 2.75) is 18.9 Å². The van der Waals surface area contributed by atoms with Gasteiger partial charge in [-0.2, -0.15) is 5.10 Å². The minimum absolute atomic E-state index is 0.0591. The van der Waals surface area contributed by atoms with Crippen molar-refractivity contribution in [3.8, 4) is 0 Å². The van der Waals surface area contributed by atoms with Crippen molar-refractivity contribution in [3.05, 3.63) is 70.4 Å². The van der Waals surface area contributed by atoms with Gasteiger partial charge in [0.05, 0.1) is 24.0 Å². The number of benzene rings is 2. The highest BCUT2D eigenvalue weighted by molar-refractivity contribution is 6.01. The van der Waals surface area contributed by atoms with E-state index in [4.69, 9.17) is 0 Å². The molecular formula is C20H17FN4O3. The number of nitrogens with one attached hydrogen (secondary N) is 2. The van der Waals surface area contributed by atoms with Gasteiger partial charge in [0.1, 0.15) is 5.82 Å². The molecule has 0 saturated heterocycles. The summed E-state index contributed by atoms with van der Waals surface area (Å²) in [5.74, 6) is -1.94. The van der Waals surface area contributed by atoms with Crippen molar-refractivity contribution >= 4 is 28.3 Å². The normalized spacial score (nSPS) is 15.8. The van der Waals surface area contributed by atoms with Crippen LogP contribution in [0.4, 0.5) is 10.1 Å². The number of carbonyl (C=O) groups excluding carboxylic acids is 2. The highest BCUT2D eigenvalue weighted by Gasteiger charge is 2.30. The third kappa shape index (κ3) is 3.36. The fourth-order valence-electron chi connectivity index (χ4n) is 3.36. The SMILES string of the molecule is O=C1C[C@@H](C(=O)NCCn2ncc3ccccc3c2=O)c2cc(F)ccc2N1. The molecule has 0 bridgehead atoms. The Labute approximate surface area is 159 Å². The van der Waals surface area contributed by atoms with Crippen LogP contribution in [0.1, 0.15) is 17.9 Å². The molecule has 7 nitrogen and oxygen atoms in total. The smallest absolute Gasteiger partial charge is 0.274 e. The standard InChI is InChI=1S/C20H17FN4O3/c21-13-5-6-17-15(9-13)16(10-18(26)24-17)19(27)22-7-8-25-20(28)14-4-2-1-3-12(14)11-23-25/h1-6,9,11,16H,7-8,10H2,(H,22,27)(H,24,26)/t16-/m1/s1. The van der Waals surface area contributed by atoms with Crippen LogP contribution in [0.5, 0.6) is 0 Å². The first-order chi connectivity index (χ1) is 13.5. The molecule has 1 aromatic heterocycles. The predicted molar refractivity (Wildman–Crippen MR) is 101 cm³/mol. The number of fused-ring (bicyclic) bond motifs is 2. The third-order valence-electron chi connectivity index (χ3n) is 4.75. The van der Waals surface area contributed by atoms with Crippen LogP contribution in [0, 0.1) is 5.82 Å². The van der Waals surface area contributed by atoms with Crippen LogP contribution < -0.4 is 16.2 Å². The van der Waals surface area contributed by atoms with Crippen molar-refractivity contribution in [1.82, 2.24) is 15.1 Å². The van der Waals surface area contributed by atoms with Crippen molar-refractivity contribution < 1.29 is 14.0 Å².